The van der Waals surface area contributed by atoms with Gasteiger partial charge in [-0.05, 0) is 24.1 Å². The molecule has 1 unspecified atom stereocenters. The van der Waals surface area contributed by atoms with Gasteiger partial charge in [0.15, 0.2) is 0 Å². The third-order valence-corrected chi connectivity index (χ3v) is 3.48. The fraction of sp³-hybridized carbons (Fsp3) is 0.417. The van der Waals surface area contributed by atoms with Crippen molar-refractivity contribution in [3.8, 4) is 6.07 Å². The summed E-state index contributed by atoms with van der Waals surface area (Å²) in [5, 5.41) is 8.60. The van der Waals surface area contributed by atoms with Crippen molar-refractivity contribution in [2.45, 2.75) is 25.1 Å². The molecule has 0 spiro atoms. The molecule has 1 rings (SSSR count). The lowest BCUT2D eigenvalue weighted by atomic mass is 10.1. The molecule has 0 aliphatic carbocycles. The molecule has 2 nitrogen and oxygen atoms in total. The Morgan fingerprint density at radius 1 is 1.56 bits per heavy atom. The van der Waals surface area contributed by atoms with Gasteiger partial charge < -0.3 is 5.73 Å². The average Bonchev–Trinajstić information content (AvgIpc) is 2.30. The van der Waals surface area contributed by atoms with Crippen molar-refractivity contribution >= 4 is 11.8 Å². The Labute approximate surface area is 99.6 Å². The number of halogens is 1. The fourth-order valence-electron chi connectivity index (χ4n) is 1.17. The summed E-state index contributed by atoms with van der Waals surface area (Å²) in [6.45, 7) is 2.04. The smallest absolute Gasteiger partial charge is 0.128 e. The van der Waals surface area contributed by atoms with E-state index in [1.807, 2.05) is 13.0 Å². The van der Waals surface area contributed by atoms with E-state index in [-0.39, 0.29) is 11.9 Å². The van der Waals surface area contributed by atoms with Crippen LogP contribution in [0.1, 0.15) is 24.5 Å². The highest BCUT2D eigenvalue weighted by Gasteiger charge is 2.05. The SMILES string of the molecule is CCC(N)CSCc1ccc(C#N)cc1F. The second kappa shape index (κ2) is 6.51. The molecule has 0 saturated carbocycles. The predicted octanol–water partition coefficient (Wildman–Crippen LogP) is 2.67. The third kappa shape index (κ3) is 3.84. The zero-order chi connectivity index (χ0) is 12.0. The molecule has 0 aliphatic heterocycles. The molecule has 0 saturated heterocycles. The minimum absolute atomic E-state index is 0.173. The summed E-state index contributed by atoms with van der Waals surface area (Å²) < 4.78 is 13.4. The molecule has 0 aromatic heterocycles. The fourth-order valence-corrected chi connectivity index (χ4v) is 2.28. The van der Waals surface area contributed by atoms with E-state index >= 15 is 0 Å². The van der Waals surface area contributed by atoms with E-state index in [0.717, 1.165) is 12.2 Å². The second-order valence-electron chi connectivity index (χ2n) is 3.60. The molecule has 4 heteroatoms. The lowest BCUT2D eigenvalue weighted by molar-refractivity contribution is 0.616. The van der Waals surface area contributed by atoms with Crippen LogP contribution in [0.2, 0.25) is 0 Å². The van der Waals surface area contributed by atoms with Gasteiger partial charge in [0.25, 0.3) is 0 Å². The number of nitrogens with two attached hydrogens (primary N) is 1. The van der Waals surface area contributed by atoms with Crippen molar-refractivity contribution in [2.24, 2.45) is 5.73 Å². The minimum Gasteiger partial charge on any atom is -0.327 e. The summed E-state index contributed by atoms with van der Waals surface area (Å²) in [6.07, 6.45) is 0.933. The number of nitriles is 1. The first-order valence-electron chi connectivity index (χ1n) is 5.19. The quantitative estimate of drug-likeness (QED) is 0.858. The molecule has 0 aliphatic rings. The molecule has 0 fully saturated rings. The summed E-state index contributed by atoms with van der Waals surface area (Å²) >= 11 is 1.62. The van der Waals surface area contributed by atoms with Crippen LogP contribution in [0.25, 0.3) is 0 Å². The van der Waals surface area contributed by atoms with E-state index in [9.17, 15) is 4.39 Å². The Hall–Kier alpha value is -1.05. The molecule has 0 radical (unpaired) electrons. The average molecular weight is 238 g/mol. The summed E-state index contributed by atoms with van der Waals surface area (Å²) in [7, 11) is 0. The lowest BCUT2D eigenvalue weighted by Gasteiger charge is -2.08. The molecule has 1 aromatic rings. The number of hydrogen-bond donors (Lipinski definition) is 1. The summed E-state index contributed by atoms with van der Waals surface area (Å²) in [5.41, 5.74) is 6.75. The van der Waals surface area contributed by atoms with Crippen LogP contribution >= 0.6 is 11.8 Å². The highest BCUT2D eigenvalue weighted by atomic mass is 32.2. The van der Waals surface area contributed by atoms with Gasteiger partial charge in [-0.15, -0.1) is 0 Å². The van der Waals surface area contributed by atoms with Gasteiger partial charge >= 0.3 is 0 Å². The second-order valence-corrected chi connectivity index (χ2v) is 4.63. The summed E-state index contributed by atoms with van der Waals surface area (Å²) in [6, 6.07) is 6.66. The normalized spacial score (nSPS) is 12.1. The van der Waals surface area contributed by atoms with E-state index in [4.69, 9.17) is 11.0 Å². The molecule has 1 aromatic carbocycles. The first-order valence-corrected chi connectivity index (χ1v) is 6.34. The van der Waals surface area contributed by atoms with Crippen LogP contribution in [-0.4, -0.2) is 11.8 Å². The Morgan fingerprint density at radius 3 is 2.88 bits per heavy atom. The maximum absolute atomic E-state index is 13.4. The molecule has 0 bridgehead atoms. The molecule has 1 atom stereocenters. The van der Waals surface area contributed by atoms with Crippen LogP contribution in [-0.2, 0) is 5.75 Å². The Kier molecular flexibility index (Phi) is 5.30. The van der Waals surface area contributed by atoms with Crippen molar-refractivity contribution in [1.82, 2.24) is 0 Å². The maximum atomic E-state index is 13.4. The van der Waals surface area contributed by atoms with Crippen molar-refractivity contribution in [2.75, 3.05) is 5.75 Å². The Balaban J connectivity index is 2.52. The number of benzene rings is 1. The lowest BCUT2D eigenvalue weighted by Crippen LogP contribution is -2.21. The largest absolute Gasteiger partial charge is 0.327 e. The van der Waals surface area contributed by atoms with E-state index in [1.54, 1.807) is 23.9 Å². The van der Waals surface area contributed by atoms with Gasteiger partial charge in [-0.2, -0.15) is 17.0 Å². The van der Waals surface area contributed by atoms with Gasteiger partial charge in [-0.1, -0.05) is 13.0 Å². The van der Waals surface area contributed by atoms with Gasteiger partial charge in [0, 0.05) is 17.5 Å². The maximum Gasteiger partial charge on any atom is 0.128 e. The topological polar surface area (TPSA) is 49.8 Å². The molecule has 0 amide bonds. The zero-order valence-electron chi connectivity index (χ0n) is 9.24. The first kappa shape index (κ1) is 13.0. The highest BCUT2D eigenvalue weighted by molar-refractivity contribution is 7.98. The van der Waals surface area contributed by atoms with Crippen LogP contribution < -0.4 is 5.73 Å². The molecule has 86 valence electrons. The number of hydrogen-bond acceptors (Lipinski definition) is 3. The van der Waals surface area contributed by atoms with E-state index in [0.29, 0.717) is 16.9 Å². The van der Waals surface area contributed by atoms with Crippen molar-refractivity contribution in [3.63, 3.8) is 0 Å². The van der Waals surface area contributed by atoms with Crippen molar-refractivity contribution < 1.29 is 4.39 Å². The number of thioether (sulfide) groups is 1. The molecular weight excluding hydrogens is 223 g/mol. The van der Waals surface area contributed by atoms with Crippen LogP contribution in [0.4, 0.5) is 4.39 Å². The molecule has 16 heavy (non-hydrogen) atoms. The Bertz CT molecular complexity index is 387. The van der Waals surface area contributed by atoms with E-state index in [2.05, 4.69) is 0 Å². The van der Waals surface area contributed by atoms with Gasteiger partial charge in [-0.3, -0.25) is 0 Å². The van der Waals surface area contributed by atoms with Crippen LogP contribution in [0, 0.1) is 17.1 Å². The standard InChI is InChI=1S/C12H15FN2S/c1-2-11(15)8-16-7-10-4-3-9(6-14)5-12(10)13/h3-5,11H,2,7-8,15H2,1H3. The van der Waals surface area contributed by atoms with Gasteiger partial charge in [0.2, 0.25) is 0 Å². The van der Waals surface area contributed by atoms with Gasteiger partial charge in [-0.25, -0.2) is 4.39 Å². The monoisotopic (exact) mass is 238 g/mol. The molecular formula is C12H15FN2S. The third-order valence-electron chi connectivity index (χ3n) is 2.30. The van der Waals surface area contributed by atoms with E-state index < -0.39 is 0 Å². The number of nitrogens with zero attached hydrogens (tertiary/aromatic N) is 1. The van der Waals surface area contributed by atoms with Crippen molar-refractivity contribution in [1.29, 1.82) is 5.26 Å². The number of rotatable bonds is 5. The zero-order valence-corrected chi connectivity index (χ0v) is 10.1. The Morgan fingerprint density at radius 2 is 2.31 bits per heavy atom. The molecule has 0 heterocycles. The molecule has 2 N–H and O–H groups in total. The van der Waals surface area contributed by atoms with Crippen LogP contribution in [0.3, 0.4) is 0 Å². The predicted molar refractivity (Wildman–Crippen MR) is 65.5 cm³/mol. The van der Waals surface area contributed by atoms with Crippen molar-refractivity contribution in [3.05, 3.63) is 35.1 Å². The first-order chi connectivity index (χ1) is 7.67. The van der Waals surface area contributed by atoms with Crippen LogP contribution in [0.5, 0.6) is 0 Å². The van der Waals surface area contributed by atoms with Gasteiger partial charge in [0.05, 0.1) is 11.6 Å². The minimum atomic E-state index is -0.309. The highest BCUT2D eigenvalue weighted by Crippen LogP contribution is 2.17. The summed E-state index contributed by atoms with van der Waals surface area (Å²) in [4.78, 5) is 0. The van der Waals surface area contributed by atoms with E-state index in [1.165, 1.54) is 6.07 Å². The van der Waals surface area contributed by atoms with Gasteiger partial charge in [0.1, 0.15) is 5.82 Å². The van der Waals surface area contributed by atoms with Crippen LogP contribution in [0.15, 0.2) is 18.2 Å². The summed E-state index contributed by atoms with van der Waals surface area (Å²) in [5.74, 6) is 1.12.